The average Bonchev–Trinajstić information content (AvgIpc) is 3.17. The van der Waals surface area contributed by atoms with Crippen molar-refractivity contribution in [3.8, 4) is 11.7 Å². The van der Waals surface area contributed by atoms with E-state index in [1.165, 1.54) is 0 Å². The largest absolute Gasteiger partial charge is 0.455 e. The summed E-state index contributed by atoms with van der Waals surface area (Å²) in [6, 6.07) is 3.59. The average molecular weight is 292 g/mol. The number of furan rings is 1. The first kappa shape index (κ1) is 14.2. The molecule has 0 bridgehead atoms. The molecule has 2 N–H and O–H groups in total. The third-order valence-electron chi connectivity index (χ3n) is 3.49. The van der Waals surface area contributed by atoms with E-state index in [1.54, 1.807) is 12.1 Å². The molecule has 3 rings (SSSR count). The Kier molecular flexibility index (Phi) is 4.33. The van der Waals surface area contributed by atoms with Gasteiger partial charge in [0.2, 0.25) is 5.82 Å². The molecule has 1 unspecified atom stereocenters. The third-order valence-corrected chi connectivity index (χ3v) is 3.49. The van der Waals surface area contributed by atoms with Crippen LogP contribution in [0.4, 0.5) is 0 Å². The van der Waals surface area contributed by atoms with E-state index in [9.17, 15) is 0 Å². The molecule has 7 heteroatoms. The lowest BCUT2D eigenvalue weighted by atomic mass is 10.2. The zero-order valence-electron chi connectivity index (χ0n) is 12.1. The van der Waals surface area contributed by atoms with Gasteiger partial charge in [0, 0.05) is 13.1 Å². The lowest BCUT2D eigenvalue weighted by Gasteiger charge is -2.30. The molecule has 0 amide bonds. The van der Waals surface area contributed by atoms with Crippen LogP contribution in [0.15, 0.2) is 21.1 Å². The molecule has 0 aliphatic carbocycles. The highest BCUT2D eigenvalue weighted by molar-refractivity contribution is 5.44. The van der Waals surface area contributed by atoms with Gasteiger partial charge in [0.1, 0.15) is 11.9 Å². The minimum atomic E-state index is -0.147. The molecular weight excluding hydrogens is 272 g/mol. The Labute approximate surface area is 123 Å². The standard InChI is InChI=1S/C14H20N4O3/c1-2-5-18-6-7-19-12(9-18)13-16-14(21-17-13)11-4-3-10(8-15)20-11/h3-4,12H,2,5-9,15H2,1H3. The summed E-state index contributed by atoms with van der Waals surface area (Å²) in [5.74, 6) is 2.15. The van der Waals surface area contributed by atoms with Gasteiger partial charge in [-0.2, -0.15) is 4.98 Å². The van der Waals surface area contributed by atoms with Gasteiger partial charge >= 0.3 is 0 Å². The van der Waals surface area contributed by atoms with Crippen molar-refractivity contribution in [3.63, 3.8) is 0 Å². The predicted octanol–water partition coefficient (Wildman–Crippen LogP) is 1.57. The maximum absolute atomic E-state index is 5.74. The van der Waals surface area contributed by atoms with E-state index in [1.807, 2.05) is 0 Å². The fraction of sp³-hybridized carbons (Fsp3) is 0.571. The number of morpholine rings is 1. The number of nitrogens with zero attached hydrogens (tertiary/aromatic N) is 3. The Morgan fingerprint density at radius 3 is 3.10 bits per heavy atom. The van der Waals surface area contributed by atoms with Gasteiger partial charge < -0.3 is 19.4 Å². The number of nitrogens with two attached hydrogens (primary N) is 1. The zero-order valence-corrected chi connectivity index (χ0v) is 12.1. The highest BCUT2D eigenvalue weighted by Gasteiger charge is 2.26. The first-order valence-corrected chi connectivity index (χ1v) is 7.27. The van der Waals surface area contributed by atoms with Crippen molar-refractivity contribution in [2.24, 2.45) is 5.73 Å². The third kappa shape index (κ3) is 3.15. The van der Waals surface area contributed by atoms with Crippen LogP contribution in [0.25, 0.3) is 11.7 Å². The topological polar surface area (TPSA) is 90.5 Å². The molecule has 7 nitrogen and oxygen atoms in total. The molecule has 21 heavy (non-hydrogen) atoms. The second-order valence-electron chi connectivity index (χ2n) is 5.09. The minimum Gasteiger partial charge on any atom is -0.455 e. The van der Waals surface area contributed by atoms with Crippen LogP contribution in [0.1, 0.15) is 31.0 Å². The molecule has 0 radical (unpaired) electrons. The molecular formula is C14H20N4O3. The molecule has 114 valence electrons. The Morgan fingerprint density at radius 2 is 2.33 bits per heavy atom. The van der Waals surface area contributed by atoms with Crippen LogP contribution < -0.4 is 5.73 Å². The van der Waals surface area contributed by atoms with Crippen LogP contribution in [0.5, 0.6) is 0 Å². The molecule has 0 spiro atoms. The normalized spacial score (nSPS) is 20.0. The summed E-state index contributed by atoms with van der Waals surface area (Å²) >= 11 is 0. The van der Waals surface area contributed by atoms with Gasteiger partial charge in [-0.1, -0.05) is 12.1 Å². The van der Waals surface area contributed by atoms with E-state index in [4.69, 9.17) is 19.4 Å². The number of hydrogen-bond donors (Lipinski definition) is 1. The Hall–Kier alpha value is -1.70. The van der Waals surface area contributed by atoms with E-state index in [0.29, 0.717) is 36.4 Å². The quantitative estimate of drug-likeness (QED) is 0.894. The van der Waals surface area contributed by atoms with Crippen LogP contribution in [0.3, 0.4) is 0 Å². The van der Waals surface area contributed by atoms with Crippen molar-refractivity contribution >= 4 is 0 Å². The molecule has 0 aromatic carbocycles. The van der Waals surface area contributed by atoms with Gasteiger partial charge in [-0.05, 0) is 25.1 Å². The zero-order chi connectivity index (χ0) is 14.7. The number of rotatable bonds is 5. The van der Waals surface area contributed by atoms with E-state index in [-0.39, 0.29) is 6.10 Å². The van der Waals surface area contributed by atoms with Crippen LogP contribution in [-0.2, 0) is 11.3 Å². The number of hydrogen-bond acceptors (Lipinski definition) is 7. The lowest BCUT2D eigenvalue weighted by Crippen LogP contribution is -2.39. The summed E-state index contributed by atoms with van der Waals surface area (Å²) < 4.78 is 16.5. The molecule has 1 aliphatic heterocycles. The predicted molar refractivity (Wildman–Crippen MR) is 75.3 cm³/mol. The summed E-state index contributed by atoms with van der Waals surface area (Å²) in [4.78, 5) is 6.73. The van der Waals surface area contributed by atoms with Crippen molar-refractivity contribution < 1.29 is 13.7 Å². The molecule has 1 aliphatic rings. The molecule has 1 saturated heterocycles. The second kappa shape index (κ2) is 6.38. The van der Waals surface area contributed by atoms with E-state index in [2.05, 4.69) is 22.0 Å². The summed E-state index contributed by atoms with van der Waals surface area (Å²) in [5, 5.41) is 4.02. The Balaban J connectivity index is 1.72. The summed E-state index contributed by atoms with van der Waals surface area (Å²) in [6.45, 7) is 6.00. The van der Waals surface area contributed by atoms with E-state index < -0.39 is 0 Å². The van der Waals surface area contributed by atoms with Crippen molar-refractivity contribution in [2.75, 3.05) is 26.2 Å². The molecule has 2 aromatic heterocycles. The summed E-state index contributed by atoms with van der Waals surface area (Å²) in [6.07, 6.45) is 0.977. The number of aromatic nitrogens is 2. The fourth-order valence-electron chi connectivity index (χ4n) is 2.45. The smallest absolute Gasteiger partial charge is 0.293 e. The van der Waals surface area contributed by atoms with Gasteiger partial charge in [0.25, 0.3) is 5.89 Å². The Bertz CT molecular complexity index is 578. The van der Waals surface area contributed by atoms with Crippen LogP contribution in [0, 0.1) is 0 Å². The fourth-order valence-corrected chi connectivity index (χ4v) is 2.45. The lowest BCUT2D eigenvalue weighted by molar-refractivity contribution is -0.0350. The maximum Gasteiger partial charge on any atom is 0.293 e. The highest BCUT2D eigenvalue weighted by atomic mass is 16.5. The van der Waals surface area contributed by atoms with Crippen molar-refractivity contribution in [2.45, 2.75) is 26.0 Å². The monoisotopic (exact) mass is 292 g/mol. The summed E-state index contributed by atoms with van der Waals surface area (Å²) in [5.41, 5.74) is 5.52. The van der Waals surface area contributed by atoms with Crippen LogP contribution in [-0.4, -0.2) is 41.3 Å². The molecule has 1 atom stereocenters. The first-order valence-electron chi connectivity index (χ1n) is 7.27. The van der Waals surface area contributed by atoms with Gasteiger partial charge in [0.15, 0.2) is 5.76 Å². The van der Waals surface area contributed by atoms with Crippen molar-refractivity contribution in [3.05, 3.63) is 23.7 Å². The van der Waals surface area contributed by atoms with E-state index >= 15 is 0 Å². The summed E-state index contributed by atoms with van der Waals surface area (Å²) in [7, 11) is 0. The van der Waals surface area contributed by atoms with Gasteiger partial charge in [-0.25, -0.2) is 0 Å². The molecule has 2 aromatic rings. The Morgan fingerprint density at radius 1 is 1.43 bits per heavy atom. The SMILES string of the molecule is CCCN1CCOC(c2noc(-c3ccc(CN)o3)n2)C1. The van der Waals surface area contributed by atoms with Gasteiger partial charge in [-0.15, -0.1) is 0 Å². The van der Waals surface area contributed by atoms with Gasteiger partial charge in [-0.3, -0.25) is 4.90 Å². The molecule has 3 heterocycles. The molecule has 1 fully saturated rings. The van der Waals surface area contributed by atoms with E-state index in [0.717, 1.165) is 26.1 Å². The van der Waals surface area contributed by atoms with Crippen LogP contribution >= 0.6 is 0 Å². The van der Waals surface area contributed by atoms with Crippen LogP contribution in [0.2, 0.25) is 0 Å². The second-order valence-corrected chi connectivity index (χ2v) is 5.09. The highest BCUT2D eigenvalue weighted by Crippen LogP contribution is 2.25. The van der Waals surface area contributed by atoms with Crippen molar-refractivity contribution in [1.29, 1.82) is 0 Å². The minimum absolute atomic E-state index is 0.147. The maximum atomic E-state index is 5.74. The molecule has 0 saturated carbocycles. The van der Waals surface area contributed by atoms with Crippen molar-refractivity contribution in [1.82, 2.24) is 15.0 Å². The van der Waals surface area contributed by atoms with Gasteiger partial charge in [0.05, 0.1) is 13.2 Å². The number of ether oxygens (including phenoxy) is 1. The first-order chi connectivity index (χ1) is 10.3.